The van der Waals surface area contributed by atoms with Gasteiger partial charge in [0.1, 0.15) is 5.82 Å². The summed E-state index contributed by atoms with van der Waals surface area (Å²) in [4.78, 5) is 11.0. The zero-order chi connectivity index (χ0) is 12.5. The number of carbonyl (C=O) groups is 1. The van der Waals surface area contributed by atoms with Crippen LogP contribution in [0.4, 0.5) is 17.6 Å². The molecule has 0 bridgehead atoms. The first-order chi connectivity index (χ1) is 7.20. The van der Waals surface area contributed by atoms with E-state index in [-0.39, 0.29) is 4.47 Å². The number of rotatable bonds is 2. The Hall–Kier alpha value is -1.11. The number of hydrogen-bond donors (Lipinski definition) is 0. The van der Waals surface area contributed by atoms with E-state index in [2.05, 4.69) is 20.7 Å². The topological polar surface area (TPSA) is 26.3 Å². The van der Waals surface area contributed by atoms with Crippen molar-refractivity contribution in [1.29, 1.82) is 0 Å². The van der Waals surface area contributed by atoms with E-state index in [1.54, 1.807) is 0 Å². The van der Waals surface area contributed by atoms with Gasteiger partial charge >= 0.3 is 6.36 Å². The lowest BCUT2D eigenvalue weighted by Gasteiger charge is -2.13. The summed E-state index contributed by atoms with van der Waals surface area (Å²) in [6, 6.07) is 1.47. The number of alkyl halides is 3. The molecule has 0 unspecified atom stereocenters. The van der Waals surface area contributed by atoms with Crippen molar-refractivity contribution < 1.29 is 27.1 Å². The Morgan fingerprint density at radius 2 is 1.94 bits per heavy atom. The molecule has 0 saturated heterocycles. The Morgan fingerprint density at radius 1 is 1.38 bits per heavy atom. The number of ketones is 1. The summed E-state index contributed by atoms with van der Waals surface area (Å²) in [5.74, 6) is -2.28. The molecule has 0 atom stereocenters. The highest BCUT2D eigenvalue weighted by Gasteiger charge is 2.33. The van der Waals surface area contributed by atoms with Crippen LogP contribution in [0, 0.1) is 5.82 Å². The lowest BCUT2D eigenvalue weighted by Crippen LogP contribution is -2.19. The van der Waals surface area contributed by atoms with Gasteiger partial charge in [-0.15, -0.1) is 13.2 Å². The van der Waals surface area contributed by atoms with E-state index in [1.165, 1.54) is 0 Å². The van der Waals surface area contributed by atoms with Gasteiger partial charge in [0.15, 0.2) is 11.5 Å². The Labute approximate surface area is 96.3 Å². The van der Waals surface area contributed by atoms with E-state index < -0.39 is 29.3 Å². The van der Waals surface area contributed by atoms with Crippen LogP contribution >= 0.6 is 15.9 Å². The van der Waals surface area contributed by atoms with E-state index >= 15 is 0 Å². The molecule has 0 aliphatic rings. The lowest BCUT2D eigenvalue weighted by molar-refractivity contribution is -0.275. The molecule has 0 fully saturated rings. The van der Waals surface area contributed by atoms with Gasteiger partial charge in [0, 0.05) is 0 Å². The molecule has 0 aliphatic carbocycles. The average Bonchev–Trinajstić information content (AvgIpc) is 2.07. The van der Waals surface area contributed by atoms with Gasteiger partial charge in [-0.25, -0.2) is 4.39 Å². The first-order valence-electron chi connectivity index (χ1n) is 3.96. The second kappa shape index (κ2) is 4.40. The number of hydrogen-bond acceptors (Lipinski definition) is 2. The second-order valence-corrected chi connectivity index (χ2v) is 3.72. The van der Waals surface area contributed by atoms with Crippen LogP contribution in [-0.2, 0) is 0 Å². The predicted molar refractivity (Wildman–Crippen MR) is 50.8 cm³/mol. The lowest BCUT2D eigenvalue weighted by atomic mass is 10.1. The maximum atomic E-state index is 12.9. The Balaban J connectivity index is 3.30. The first kappa shape index (κ1) is 13.0. The number of Topliss-reactive ketones (excluding diaryl/α,β-unsaturated/α-hetero) is 1. The third-order valence-corrected chi connectivity index (χ3v) is 2.19. The molecule has 0 amide bonds. The molecule has 0 aliphatic heterocycles. The van der Waals surface area contributed by atoms with Gasteiger partial charge in [-0.1, -0.05) is 0 Å². The fourth-order valence-corrected chi connectivity index (χ4v) is 1.55. The first-order valence-corrected chi connectivity index (χ1v) is 4.75. The number of benzene rings is 1. The number of halogens is 5. The molecule has 0 saturated carbocycles. The molecule has 0 aromatic heterocycles. The van der Waals surface area contributed by atoms with Crippen LogP contribution in [0.15, 0.2) is 16.6 Å². The summed E-state index contributed by atoms with van der Waals surface area (Å²) in [6.45, 7) is 1.02. The molecule has 0 spiro atoms. The molecule has 88 valence electrons. The van der Waals surface area contributed by atoms with E-state index in [4.69, 9.17) is 0 Å². The standard InChI is InChI=1S/C9H5BrF4O2/c1-4(15)6-2-5(11)3-7(10)8(6)16-9(12,13)14/h2-3H,1H3. The monoisotopic (exact) mass is 300 g/mol. The third-order valence-electron chi connectivity index (χ3n) is 1.61. The highest BCUT2D eigenvalue weighted by molar-refractivity contribution is 9.10. The van der Waals surface area contributed by atoms with Crippen LogP contribution in [0.25, 0.3) is 0 Å². The van der Waals surface area contributed by atoms with Gasteiger partial charge in [-0.3, -0.25) is 4.79 Å². The van der Waals surface area contributed by atoms with Crippen molar-refractivity contribution in [1.82, 2.24) is 0 Å². The van der Waals surface area contributed by atoms with Crippen molar-refractivity contribution in [2.45, 2.75) is 13.3 Å². The van der Waals surface area contributed by atoms with Crippen LogP contribution in [0.3, 0.4) is 0 Å². The van der Waals surface area contributed by atoms with Crippen LogP contribution in [-0.4, -0.2) is 12.1 Å². The molecule has 1 aromatic carbocycles. The zero-order valence-corrected chi connectivity index (χ0v) is 9.45. The average molecular weight is 301 g/mol. The fraction of sp³-hybridized carbons (Fsp3) is 0.222. The van der Waals surface area contributed by atoms with Gasteiger partial charge in [-0.2, -0.15) is 0 Å². The van der Waals surface area contributed by atoms with Crippen molar-refractivity contribution in [3.63, 3.8) is 0 Å². The summed E-state index contributed by atoms with van der Waals surface area (Å²) >= 11 is 2.70. The SMILES string of the molecule is CC(=O)c1cc(F)cc(Br)c1OC(F)(F)F. The highest BCUT2D eigenvalue weighted by atomic mass is 79.9. The van der Waals surface area contributed by atoms with Gasteiger partial charge in [0.05, 0.1) is 10.0 Å². The van der Waals surface area contributed by atoms with Crippen molar-refractivity contribution in [2.75, 3.05) is 0 Å². The molecule has 16 heavy (non-hydrogen) atoms. The minimum atomic E-state index is -4.94. The number of carbonyl (C=O) groups excluding carboxylic acids is 1. The summed E-state index contributed by atoms with van der Waals surface area (Å²) in [6.07, 6.45) is -4.94. The van der Waals surface area contributed by atoms with E-state index in [0.29, 0.717) is 6.07 Å². The van der Waals surface area contributed by atoms with Gasteiger partial charge < -0.3 is 4.74 Å². The number of ether oxygens (including phenoxy) is 1. The minimum absolute atomic E-state index is 0.268. The van der Waals surface area contributed by atoms with Crippen LogP contribution in [0.2, 0.25) is 0 Å². The van der Waals surface area contributed by atoms with Crippen molar-refractivity contribution in [3.05, 3.63) is 28.0 Å². The van der Waals surface area contributed by atoms with E-state index in [1.807, 2.05) is 0 Å². The maximum Gasteiger partial charge on any atom is 0.573 e. The van der Waals surface area contributed by atoms with Crippen molar-refractivity contribution >= 4 is 21.7 Å². The highest BCUT2D eigenvalue weighted by Crippen LogP contribution is 2.34. The van der Waals surface area contributed by atoms with Gasteiger partial charge in [-0.05, 0) is 35.0 Å². The van der Waals surface area contributed by atoms with Gasteiger partial charge in [0.25, 0.3) is 0 Å². The maximum absolute atomic E-state index is 12.9. The van der Waals surface area contributed by atoms with E-state index in [0.717, 1.165) is 13.0 Å². The summed E-state index contributed by atoms with van der Waals surface area (Å²) < 4.78 is 52.3. The Morgan fingerprint density at radius 3 is 2.38 bits per heavy atom. The summed E-state index contributed by atoms with van der Waals surface area (Å²) in [5.41, 5.74) is -0.468. The molecule has 1 rings (SSSR count). The molecule has 7 heteroatoms. The van der Waals surface area contributed by atoms with Crippen LogP contribution in [0.5, 0.6) is 5.75 Å². The molecular weight excluding hydrogens is 296 g/mol. The third kappa shape index (κ3) is 3.19. The van der Waals surface area contributed by atoms with Crippen molar-refractivity contribution in [3.8, 4) is 5.75 Å². The smallest absolute Gasteiger partial charge is 0.404 e. The molecular formula is C9H5BrF4O2. The molecule has 1 aromatic rings. The largest absolute Gasteiger partial charge is 0.573 e. The summed E-state index contributed by atoms with van der Waals surface area (Å²) in [7, 11) is 0. The molecule has 2 nitrogen and oxygen atoms in total. The Bertz CT molecular complexity index is 428. The van der Waals surface area contributed by atoms with Gasteiger partial charge in [0.2, 0.25) is 0 Å². The summed E-state index contributed by atoms with van der Waals surface area (Å²) in [5, 5.41) is 0. The molecule has 0 heterocycles. The second-order valence-electron chi connectivity index (χ2n) is 2.87. The van der Waals surface area contributed by atoms with Crippen LogP contribution < -0.4 is 4.74 Å². The quantitative estimate of drug-likeness (QED) is 0.615. The van der Waals surface area contributed by atoms with Crippen LogP contribution in [0.1, 0.15) is 17.3 Å². The normalized spacial score (nSPS) is 11.4. The zero-order valence-electron chi connectivity index (χ0n) is 7.86. The van der Waals surface area contributed by atoms with Crippen molar-refractivity contribution in [2.24, 2.45) is 0 Å². The molecule has 0 radical (unpaired) electrons. The predicted octanol–water partition coefficient (Wildman–Crippen LogP) is 3.69. The minimum Gasteiger partial charge on any atom is -0.404 e. The van der Waals surface area contributed by atoms with E-state index in [9.17, 15) is 22.4 Å². The Kier molecular flexibility index (Phi) is 3.57. The molecule has 0 N–H and O–H groups in total. The fourth-order valence-electron chi connectivity index (χ4n) is 1.04.